The van der Waals surface area contributed by atoms with E-state index in [0.717, 1.165) is 5.56 Å². The molecule has 0 spiro atoms. The maximum atomic E-state index is 12.4. The summed E-state index contributed by atoms with van der Waals surface area (Å²) in [6.07, 6.45) is 1.64. The fourth-order valence-electron chi connectivity index (χ4n) is 2.16. The molecule has 1 amide bonds. The molecule has 0 aliphatic carbocycles. The summed E-state index contributed by atoms with van der Waals surface area (Å²) >= 11 is 5.84. The Bertz CT molecular complexity index is 831. The molecule has 7 heteroatoms. The number of carbonyl (C=O) groups is 2. The molecule has 1 aliphatic rings. The second-order valence-corrected chi connectivity index (χ2v) is 5.44. The number of nitrogens with one attached hydrogen (secondary N) is 1. The van der Waals surface area contributed by atoms with Gasteiger partial charge in [0.15, 0.2) is 12.4 Å². The minimum atomic E-state index is -0.462. The fourth-order valence-corrected chi connectivity index (χ4v) is 2.28. The number of benzene rings is 2. The van der Waals surface area contributed by atoms with Gasteiger partial charge < -0.3 is 9.47 Å². The van der Waals surface area contributed by atoms with Gasteiger partial charge in [0.1, 0.15) is 11.5 Å². The van der Waals surface area contributed by atoms with Gasteiger partial charge >= 0.3 is 0 Å². The highest BCUT2D eigenvalue weighted by molar-refractivity contribution is 6.30. The summed E-state index contributed by atoms with van der Waals surface area (Å²) in [6.45, 7) is -0.225. The van der Waals surface area contributed by atoms with Crippen LogP contribution in [0, 0.1) is 0 Å². The third kappa shape index (κ3) is 3.40. The fraction of sp³-hybridized carbons (Fsp3) is 0.0588. The monoisotopic (exact) mass is 344 g/mol. The molecule has 0 fully saturated rings. The Morgan fingerprint density at radius 2 is 2.00 bits per heavy atom. The Morgan fingerprint density at radius 3 is 2.71 bits per heavy atom. The summed E-state index contributed by atoms with van der Waals surface area (Å²) in [5.74, 6) is 5.30. The molecular formula is C17H13ClN2O4. The van der Waals surface area contributed by atoms with Gasteiger partial charge in [0.05, 0.1) is 5.56 Å². The lowest BCUT2D eigenvalue weighted by Gasteiger charge is -2.06. The van der Waals surface area contributed by atoms with Crippen LogP contribution >= 0.6 is 11.6 Å². The van der Waals surface area contributed by atoms with Crippen LogP contribution in [-0.2, 0) is 4.79 Å². The first kappa shape index (κ1) is 16.0. The highest BCUT2D eigenvalue weighted by Crippen LogP contribution is 2.34. The van der Waals surface area contributed by atoms with Crippen LogP contribution in [0.2, 0.25) is 5.02 Å². The average molecular weight is 345 g/mol. The predicted octanol–water partition coefficient (Wildman–Crippen LogP) is 2.32. The number of hydrazine groups is 1. The van der Waals surface area contributed by atoms with Crippen molar-refractivity contribution in [1.29, 1.82) is 0 Å². The van der Waals surface area contributed by atoms with Gasteiger partial charge in [-0.1, -0.05) is 23.7 Å². The first-order chi connectivity index (χ1) is 11.6. The number of nitrogens with two attached hydrogens (primary N) is 1. The minimum absolute atomic E-state index is 0.212. The summed E-state index contributed by atoms with van der Waals surface area (Å²) in [4.78, 5) is 23.4. The topological polar surface area (TPSA) is 90.7 Å². The van der Waals surface area contributed by atoms with E-state index in [4.69, 9.17) is 26.9 Å². The van der Waals surface area contributed by atoms with Crippen molar-refractivity contribution < 1.29 is 19.1 Å². The molecule has 2 aromatic rings. The van der Waals surface area contributed by atoms with E-state index < -0.39 is 5.91 Å². The molecule has 3 rings (SSSR count). The van der Waals surface area contributed by atoms with E-state index in [1.54, 1.807) is 48.5 Å². The van der Waals surface area contributed by atoms with Crippen LogP contribution in [0.4, 0.5) is 0 Å². The minimum Gasteiger partial charge on any atom is -0.484 e. The molecule has 0 saturated carbocycles. The Hall–Kier alpha value is -2.83. The van der Waals surface area contributed by atoms with Crippen LogP contribution < -0.4 is 20.7 Å². The number of ether oxygens (including phenoxy) is 2. The van der Waals surface area contributed by atoms with Gasteiger partial charge in [-0.25, -0.2) is 5.84 Å². The van der Waals surface area contributed by atoms with Crippen molar-refractivity contribution in [1.82, 2.24) is 5.43 Å². The number of Topliss-reactive ketones (excluding diaryl/α,β-unsaturated/α-hetero) is 1. The predicted molar refractivity (Wildman–Crippen MR) is 88.7 cm³/mol. The second-order valence-electron chi connectivity index (χ2n) is 5.01. The smallest absolute Gasteiger partial charge is 0.271 e. The molecule has 0 radical (unpaired) electrons. The van der Waals surface area contributed by atoms with Gasteiger partial charge in [-0.2, -0.15) is 0 Å². The molecule has 3 N–H and O–H groups in total. The number of amides is 1. The van der Waals surface area contributed by atoms with E-state index in [-0.39, 0.29) is 18.1 Å². The maximum absolute atomic E-state index is 12.4. The summed E-state index contributed by atoms with van der Waals surface area (Å²) in [5, 5.41) is 0.613. The number of rotatable bonds is 4. The van der Waals surface area contributed by atoms with Crippen molar-refractivity contribution in [3.8, 4) is 11.5 Å². The molecule has 122 valence electrons. The normalized spacial score (nSPS) is 14.2. The number of hydrogen-bond donors (Lipinski definition) is 2. The van der Waals surface area contributed by atoms with Gasteiger partial charge in [-0.15, -0.1) is 0 Å². The van der Waals surface area contributed by atoms with Crippen molar-refractivity contribution in [2.75, 3.05) is 6.61 Å². The van der Waals surface area contributed by atoms with Crippen LogP contribution in [0.15, 0.2) is 48.2 Å². The summed E-state index contributed by atoms with van der Waals surface area (Å²) in [6, 6.07) is 11.8. The van der Waals surface area contributed by atoms with E-state index in [1.807, 2.05) is 5.43 Å². The Labute approximate surface area is 142 Å². The number of fused-ring (bicyclic) bond motifs is 1. The molecule has 0 saturated heterocycles. The van der Waals surface area contributed by atoms with Crippen molar-refractivity contribution in [3.05, 3.63) is 64.4 Å². The maximum Gasteiger partial charge on any atom is 0.271 e. The third-order valence-electron chi connectivity index (χ3n) is 3.34. The average Bonchev–Trinajstić information content (AvgIpc) is 2.90. The van der Waals surface area contributed by atoms with Gasteiger partial charge in [0.25, 0.3) is 5.91 Å². The lowest BCUT2D eigenvalue weighted by atomic mass is 10.1. The lowest BCUT2D eigenvalue weighted by Crippen LogP contribution is -2.34. The quantitative estimate of drug-likeness (QED) is 0.384. The van der Waals surface area contributed by atoms with E-state index in [0.29, 0.717) is 22.1 Å². The van der Waals surface area contributed by atoms with Crippen LogP contribution in [0.5, 0.6) is 11.5 Å². The molecule has 0 unspecified atom stereocenters. The third-order valence-corrected chi connectivity index (χ3v) is 3.59. The molecule has 0 aromatic heterocycles. The Morgan fingerprint density at radius 1 is 1.25 bits per heavy atom. The molecule has 24 heavy (non-hydrogen) atoms. The molecule has 1 heterocycles. The lowest BCUT2D eigenvalue weighted by molar-refractivity contribution is -0.123. The zero-order valence-electron chi connectivity index (χ0n) is 12.4. The van der Waals surface area contributed by atoms with Crippen LogP contribution in [0.25, 0.3) is 6.08 Å². The van der Waals surface area contributed by atoms with Crippen LogP contribution in [-0.4, -0.2) is 18.3 Å². The highest BCUT2D eigenvalue weighted by atomic mass is 35.5. The van der Waals surface area contributed by atoms with Crippen molar-refractivity contribution >= 4 is 29.4 Å². The van der Waals surface area contributed by atoms with Gasteiger partial charge in [-0.05, 0) is 35.9 Å². The van der Waals surface area contributed by atoms with Gasteiger partial charge in [0, 0.05) is 11.1 Å². The molecule has 6 nitrogen and oxygen atoms in total. The second kappa shape index (κ2) is 6.74. The highest BCUT2D eigenvalue weighted by Gasteiger charge is 2.27. The summed E-state index contributed by atoms with van der Waals surface area (Å²) < 4.78 is 10.9. The van der Waals surface area contributed by atoms with E-state index >= 15 is 0 Å². The Kier molecular flexibility index (Phi) is 4.50. The van der Waals surface area contributed by atoms with Crippen molar-refractivity contribution in [2.45, 2.75) is 0 Å². The van der Waals surface area contributed by atoms with Gasteiger partial charge in [-0.3, -0.25) is 15.0 Å². The summed E-state index contributed by atoms with van der Waals surface area (Å²) in [5.41, 5.74) is 3.20. The van der Waals surface area contributed by atoms with Crippen LogP contribution in [0.1, 0.15) is 15.9 Å². The molecule has 1 aliphatic heterocycles. The van der Waals surface area contributed by atoms with Crippen molar-refractivity contribution in [3.63, 3.8) is 0 Å². The molecule has 0 bridgehead atoms. The molecular weight excluding hydrogens is 332 g/mol. The number of halogens is 1. The number of allylic oxidation sites excluding steroid dienone is 1. The number of hydrogen-bond acceptors (Lipinski definition) is 5. The summed E-state index contributed by atoms with van der Waals surface area (Å²) in [7, 11) is 0. The zero-order chi connectivity index (χ0) is 17.1. The zero-order valence-corrected chi connectivity index (χ0v) is 13.2. The standard InChI is InChI=1S/C17H13ClN2O4/c18-11-3-1-10(2-4-11)7-15-17(22)13-6-5-12(8-14(13)24-15)23-9-16(21)20-19/h1-8H,9,19H2,(H,20,21). The van der Waals surface area contributed by atoms with E-state index in [1.165, 1.54) is 0 Å². The molecule has 2 aromatic carbocycles. The Balaban J connectivity index is 1.79. The van der Waals surface area contributed by atoms with Gasteiger partial charge in [0.2, 0.25) is 5.78 Å². The first-order valence-corrected chi connectivity index (χ1v) is 7.41. The van der Waals surface area contributed by atoms with E-state index in [9.17, 15) is 9.59 Å². The SMILES string of the molecule is NNC(=O)COc1ccc2c(c1)OC(=Cc1ccc(Cl)cc1)C2=O. The first-order valence-electron chi connectivity index (χ1n) is 7.03. The number of ketones is 1. The molecule has 0 atom stereocenters. The van der Waals surface area contributed by atoms with Crippen molar-refractivity contribution in [2.24, 2.45) is 5.84 Å². The number of carbonyl (C=O) groups excluding carboxylic acids is 2. The largest absolute Gasteiger partial charge is 0.484 e. The van der Waals surface area contributed by atoms with Crippen LogP contribution in [0.3, 0.4) is 0 Å². The van der Waals surface area contributed by atoms with E-state index in [2.05, 4.69) is 0 Å².